The first-order valence-corrected chi connectivity index (χ1v) is 16.3. The summed E-state index contributed by atoms with van der Waals surface area (Å²) in [5.74, 6) is -0.846. The minimum absolute atomic E-state index is 0. The molecule has 1 radical (unpaired) electrons. The van der Waals surface area contributed by atoms with Crippen LogP contribution in [0.3, 0.4) is 0 Å². The third kappa shape index (κ3) is 6.36. The summed E-state index contributed by atoms with van der Waals surface area (Å²) >= 11 is 1.16. The van der Waals surface area contributed by atoms with E-state index in [1.165, 1.54) is 5.56 Å². The Balaban J connectivity index is 0.000000279. The second-order valence-electron chi connectivity index (χ2n) is 11.9. The molecule has 241 valence electrons. The maximum Gasteiger partial charge on any atom is 0.148 e. The third-order valence-corrected chi connectivity index (χ3v) is 9.14. The van der Waals surface area contributed by atoms with Gasteiger partial charge in [-0.2, -0.15) is 0 Å². The van der Waals surface area contributed by atoms with E-state index in [1.807, 2.05) is 93.7 Å². The SMILES string of the molecule is Cc1ccc(-c2[c-]cccc2)nc1.[2H]C([2H])([2H])c1nc2c(ccc3c4cc[c-]c(-c5cc(-c6c(C)cccc6C)c(C([2H])(C)C)cn5)c4oc32)s1.[Ir]. The number of hydrogen-bond donors (Lipinski definition) is 0. The van der Waals surface area contributed by atoms with E-state index < -0.39 is 12.7 Å². The Morgan fingerprint density at radius 2 is 1.60 bits per heavy atom. The van der Waals surface area contributed by atoms with Crippen LogP contribution >= 0.6 is 11.3 Å². The van der Waals surface area contributed by atoms with Gasteiger partial charge in [-0.3, -0.25) is 0 Å². The van der Waals surface area contributed by atoms with E-state index in [9.17, 15) is 0 Å². The number of thiazole rings is 1. The molecule has 0 aliphatic heterocycles. The summed E-state index contributed by atoms with van der Waals surface area (Å²) < 4.78 is 39.3. The normalized spacial score (nSPS) is 12.9. The summed E-state index contributed by atoms with van der Waals surface area (Å²) in [6, 6.07) is 34.3. The number of furan rings is 1. The molecule has 0 bridgehead atoms. The molecule has 4 aromatic heterocycles. The Hall–Kier alpha value is -4.48. The van der Waals surface area contributed by atoms with Crippen molar-refractivity contribution in [2.45, 2.75) is 47.4 Å². The number of aryl methyl sites for hydroxylation is 4. The van der Waals surface area contributed by atoms with Crippen molar-refractivity contribution in [3.05, 3.63) is 137 Å². The second-order valence-corrected chi connectivity index (χ2v) is 12.9. The van der Waals surface area contributed by atoms with Crippen LogP contribution in [0.25, 0.3) is 65.8 Å². The Kier molecular flexibility index (Phi) is 8.28. The zero-order valence-corrected chi connectivity index (χ0v) is 30.4. The molecular formula is C42H35IrN3OS-2. The first-order valence-electron chi connectivity index (χ1n) is 17.4. The van der Waals surface area contributed by atoms with E-state index in [0.717, 1.165) is 65.9 Å². The van der Waals surface area contributed by atoms with Gasteiger partial charge >= 0.3 is 0 Å². The maximum absolute atomic E-state index is 8.79. The standard InChI is InChI=1S/C30H25N2OS.C12H10N.Ir/c1-16(2)24-15-31-25(14-23(24)27-17(3)8-6-9-18(27)4)22-11-7-10-20-21-12-13-26-28(32-19(5)34-26)30(21)33-29(20)22;1-10-7-8-12(13-9-10)11-5-3-2-4-6-11;/h6-10,12-16H,1-5H3;2-5,7-9H,1H3;/q2*-1;/i5D3,16D;;. The average Bonchev–Trinajstić information content (AvgIpc) is 3.71. The van der Waals surface area contributed by atoms with Gasteiger partial charge in [0.05, 0.1) is 15.3 Å². The van der Waals surface area contributed by atoms with E-state index in [2.05, 4.69) is 54.1 Å². The molecule has 0 saturated heterocycles. The summed E-state index contributed by atoms with van der Waals surface area (Å²) in [4.78, 5) is 13.5. The van der Waals surface area contributed by atoms with Crippen LogP contribution in [0.4, 0.5) is 0 Å². The minimum Gasteiger partial charge on any atom is -0.498 e. The van der Waals surface area contributed by atoms with Crippen LogP contribution in [0, 0.1) is 39.8 Å². The van der Waals surface area contributed by atoms with Gasteiger partial charge in [0, 0.05) is 43.4 Å². The van der Waals surface area contributed by atoms with Crippen molar-refractivity contribution in [1.82, 2.24) is 15.0 Å². The summed E-state index contributed by atoms with van der Waals surface area (Å²) in [5, 5.41) is 1.85. The Morgan fingerprint density at radius 3 is 2.31 bits per heavy atom. The molecule has 0 aliphatic carbocycles. The summed E-state index contributed by atoms with van der Waals surface area (Å²) in [6.07, 6.45) is 3.66. The van der Waals surface area contributed by atoms with Gasteiger partial charge in [-0.1, -0.05) is 67.3 Å². The van der Waals surface area contributed by atoms with Gasteiger partial charge in [0.15, 0.2) is 0 Å². The van der Waals surface area contributed by atoms with Gasteiger partial charge in [0.2, 0.25) is 0 Å². The van der Waals surface area contributed by atoms with Gasteiger partial charge in [-0.25, -0.2) is 4.98 Å². The van der Waals surface area contributed by atoms with Gasteiger partial charge in [-0.15, -0.1) is 65.4 Å². The first-order chi connectivity index (χ1) is 24.3. The van der Waals surface area contributed by atoms with Crippen molar-refractivity contribution in [3.8, 4) is 33.6 Å². The summed E-state index contributed by atoms with van der Waals surface area (Å²) in [7, 11) is 0. The maximum atomic E-state index is 8.79. The van der Waals surface area contributed by atoms with Gasteiger partial charge in [0.1, 0.15) is 11.1 Å². The number of rotatable bonds is 4. The quantitative estimate of drug-likeness (QED) is 0.166. The fourth-order valence-electron chi connectivity index (χ4n) is 6.00. The van der Waals surface area contributed by atoms with E-state index in [4.69, 9.17) is 14.9 Å². The molecule has 6 heteroatoms. The molecule has 8 aromatic rings. The summed E-state index contributed by atoms with van der Waals surface area (Å²) in [6.45, 7) is 7.68. The fourth-order valence-corrected chi connectivity index (χ4v) is 6.71. The van der Waals surface area contributed by atoms with Crippen LogP contribution in [-0.4, -0.2) is 15.0 Å². The van der Waals surface area contributed by atoms with Crippen LogP contribution in [0.15, 0.2) is 102 Å². The molecule has 8 rings (SSSR count). The zero-order valence-electron chi connectivity index (χ0n) is 31.2. The summed E-state index contributed by atoms with van der Waals surface area (Å²) in [5.41, 5.74) is 11.5. The molecule has 48 heavy (non-hydrogen) atoms. The number of fused-ring (bicyclic) bond motifs is 5. The predicted molar refractivity (Wildman–Crippen MR) is 196 cm³/mol. The molecule has 4 nitrogen and oxygen atoms in total. The van der Waals surface area contributed by atoms with Crippen LogP contribution in [0.1, 0.15) is 52.5 Å². The van der Waals surface area contributed by atoms with E-state index in [-0.39, 0.29) is 25.1 Å². The van der Waals surface area contributed by atoms with Crippen molar-refractivity contribution < 1.29 is 30.0 Å². The number of hydrogen-bond acceptors (Lipinski definition) is 5. The number of nitrogens with zero attached hydrogens (tertiary/aromatic N) is 3. The number of benzene rings is 4. The molecule has 0 saturated carbocycles. The molecule has 0 spiro atoms. The van der Waals surface area contributed by atoms with Crippen molar-refractivity contribution in [2.24, 2.45) is 0 Å². The van der Waals surface area contributed by atoms with Crippen molar-refractivity contribution in [2.75, 3.05) is 0 Å². The number of pyridine rings is 2. The second kappa shape index (κ2) is 13.9. The molecule has 0 unspecified atom stereocenters. The van der Waals surface area contributed by atoms with Gasteiger partial charge in [-0.05, 0) is 84.4 Å². The average molecular weight is 826 g/mol. The smallest absolute Gasteiger partial charge is 0.148 e. The third-order valence-electron chi connectivity index (χ3n) is 8.30. The molecule has 0 aliphatic rings. The monoisotopic (exact) mass is 826 g/mol. The predicted octanol–water partition coefficient (Wildman–Crippen LogP) is 11.6. The Bertz CT molecular complexity index is 2520. The van der Waals surface area contributed by atoms with Gasteiger partial charge < -0.3 is 14.4 Å². The Labute approximate surface area is 304 Å². The topological polar surface area (TPSA) is 51.8 Å². The van der Waals surface area contributed by atoms with Crippen LogP contribution in [-0.2, 0) is 20.1 Å². The van der Waals surface area contributed by atoms with Crippen molar-refractivity contribution in [1.29, 1.82) is 0 Å². The van der Waals surface area contributed by atoms with E-state index in [1.54, 1.807) is 6.20 Å². The fraction of sp³-hybridized carbons (Fsp3) is 0.167. The van der Waals surface area contributed by atoms with Crippen LogP contribution < -0.4 is 0 Å². The van der Waals surface area contributed by atoms with E-state index >= 15 is 0 Å². The zero-order chi connectivity index (χ0) is 36.1. The van der Waals surface area contributed by atoms with Crippen molar-refractivity contribution in [3.63, 3.8) is 0 Å². The molecule has 0 fully saturated rings. The largest absolute Gasteiger partial charge is 0.498 e. The minimum atomic E-state index is -2.28. The molecule has 0 N–H and O–H groups in total. The molecule has 4 aromatic carbocycles. The van der Waals surface area contributed by atoms with E-state index in [0.29, 0.717) is 27.9 Å². The van der Waals surface area contributed by atoms with Crippen LogP contribution in [0.2, 0.25) is 0 Å². The molecule has 0 amide bonds. The van der Waals surface area contributed by atoms with Gasteiger partial charge in [0.25, 0.3) is 0 Å². The molecule has 0 atom stereocenters. The van der Waals surface area contributed by atoms with Crippen LogP contribution in [0.5, 0.6) is 0 Å². The Morgan fingerprint density at radius 1 is 0.812 bits per heavy atom. The molecule has 4 heterocycles. The molecular weight excluding hydrogens is 787 g/mol. The number of aromatic nitrogens is 3. The first kappa shape index (κ1) is 28.5. The van der Waals surface area contributed by atoms with Crippen molar-refractivity contribution >= 4 is 43.5 Å².